The van der Waals surface area contributed by atoms with E-state index in [1.165, 1.54) is 0 Å². The molecule has 0 aromatic heterocycles. The maximum atomic E-state index is 13.7. The third-order valence-electron chi connectivity index (χ3n) is 3.66. The number of anilines is 1. The summed E-state index contributed by atoms with van der Waals surface area (Å²) in [5, 5.41) is 3.32. The lowest BCUT2D eigenvalue weighted by Gasteiger charge is -2.10. The first kappa shape index (κ1) is 19.1. The summed E-state index contributed by atoms with van der Waals surface area (Å²) >= 11 is 12.0. The highest BCUT2D eigenvalue weighted by molar-refractivity contribution is 6.34. The fourth-order valence-corrected chi connectivity index (χ4v) is 2.67. The summed E-state index contributed by atoms with van der Waals surface area (Å²) in [4.78, 5) is 12.3. The molecule has 0 unspecified atom stereocenters. The average Bonchev–Trinajstić information content (AvgIpc) is 2.65. The van der Waals surface area contributed by atoms with Crippen LogP contribution in [0, 0.1) is 11.6 Å². The van der Waals surface area contributed by atoms with Gasteiger partial charge in [0.15, 0.2) is 0 Å². The molecule has 0 heterocycles. The Labute approximate surface area is 164 Å². The first-order valence-electron chi connectivity index (χ1n) is 7.85. The van der Waals surface area contributed by atoms with Gasteiger partial charge in [-0.25, -0.2) is 8.78 Å². The minimum absolute atomic E-state index is 0.103. The first-order chi connectivity index (χ1) is 12.9. The molecule has 0 radical (unpaired) electrons. The molecule has 7 heteroatoms. The van der Waals surface area contributed by atoms with Crippen LogP contribution in [0.1, 0.15) is 15.9 Å². The van der Waals surface area contributed by atoms with Crippen molar-refractivity contribution in [3.8, 4) is 5.75 Å². The van der Waals surface area contributed by atoms with Crippen LogP contribution in [0.25, 0.3) is 0 Å². The monoisotopic (exact) mass is 407 g/mol. The Bertz CT molecular complexity index is 995. The molecule has 0 spiro atoms. The molecule has 1 amide bonds. The van der Waals surface area contributed by atoms with Gasteiger partial charge in [0.2, 0.25) is 0 Å². The van der Waals surface area contributed by atoms with Gasteiger partial charge in [-0.15, -0.1) is 0 Å². The summed E-state index contributed by atoms with van der Waals surface area (Å²) in [5.74, 6) is -1.67. The number of hydrogen-bond acceptors (Lipinski definition) is 2. The Kier molecular flexibility index (Phi) is 5.94. The zero-order valence-corrected chi connectivity index (χ0v) is 15.3. The quantitative estimate of drug-likeness (QED) is 0.554. The Morgan fingerprint density at radius 3 is 2.59 bits per heavy atom. The number of benzene rings is 3. The molecule has 27 heavy (non-hydrogen) atoms. The van der Waals surface area contributed by atoms with E-state index < -0.39 is 17.5 Å². The number of carbonyl (C=O) groups is 1. The van der Waals surface area contributed by atoms with Crippen molar-refractivity contribution in [2.24, 2.45) is 0 Å². The summed E-state index contributed by atoms with van der Waals surface area (Å²) in [6, 6.07) is 14.4. The summed E-state index contributed by atoms with van der Waals surface area (Å²) in [6.45, 7) is 0.159. The van der Waals surface area contributed by atoms with Gasteiger partial charge in [-0.05, 0) is 42.0 Å². The van der Waals surface area contributed by atoms with Crippen LogP contribution in [-0.4, -0.2) is 5.91 Å². The molecule has 0 bridgehead atoms. The number of carbonyl (C=O) groups excluding carboxylic acids is 1. The van der Waals surface area contributed by atoms with Crippen molar-refractivity contribution in [2.45, 2.75) is 6.61 Å². The molecule has 138 valence electrons. The lowest BCUT2D eigenvalue weighted by molar-refractivity contribution is 0.102. The van der Waals surface area contributed by atoms with E-state index in [9.17, 15) is 13.6 Å². The molecule has 3 rings (SSSR count). The summed E-state index contributed by atoms with van der Waals surface area (Å²) in [6.07, 6.45) is 0. The van der Waals surface area contributed by atoms with Crippen LogP contribution >= 0.6 is 23.2 Å². The number of ether oxygens (including phenoxy) is 1. The molecule has 0 atom stereocenters. The zero-order valence-electron chi connectivity index (χ0n) is 13.8. The van der Waals surface area contributed by atoms with E-state index in [1.807, 2.05) is 0 Å². The number of hydrogen-bond donors (Lipinski definition) is 1. The van der Waals surface area contributed by atoms with Crippen molar-refractivity contribution in [3.05, 3.63) is 93.5 Å². The Hall–Kier alpha value is -2.63. The normalized spacial score (nSPS) is 10.5. The summed E-state index contributed by atoms with van der Waals surface area (Å²) < 4.78 is 32.3. The van der Waals surface area contributed by atoms with Crippen molar-refractivity contribution < 1.29 is 18.3 Å². The van der Waals surface area contributed by atoms with Crippen molar-refractivity contribution in [1.29, 1.82) is 0 Å². The number of halogens is 4. The van der Waals surface area contributed by atoms with Gasteiger partial charge < -0.3 is 10.1 Å². The maximum Gasteiger partial charge on any atom is 0.255 e. The van der Waals surface area contributed by atoms with Gasteiger partial charge in [-0.1, -0.05) is 35.3 Å². The minimum atomic E-state index is -0.849. The van der Waals surface area contributed by atoms with Crippen molar-refractivity contribution >= 4 is 34.8 Å². The molecular weight excluding hydrogens is 395 g/mol. The van der Waals surface area contributed by atoms with E-state index in [-0.39, 0.29) is 12.3 Å². The molecule has 0 fully saturated rings. The van der Waals surface area contributed by atoms with Crippen LogP contribution < -0.4 is 10.1 Å². The molecule has 0 saturated carbocycles. The van der Waals surface area contributed by atoms with Gasteiger partial charge in [0, 0.05) is 22.7 Å². The van der Waals surface area contributed by atoms with E-state index in [4.69, 9.17) is 27.9 Å². The fraction of sp³-hybridized carbons (Fsp3) is 0.0500. The van der Waals surface area contributed by atoms with Crippen molar-refractivity contribution in [3.63, 3.8) is 0 Å². The van der Waals surface area contributed by atoms with E-state index in [2.05, 4.69) is 5.32 Å². The van der Waals surface area contributed by atoms with E-state index in [0.717, 1.165) is 12.1 Å². The van der Waals surface area contributed by atoms with Gasteiger partial charge in [-0.3, -0.25) is 4.79 Å². The van der Waals surface area contributed by atoms with Crippen molar-refractivity contribution in [2.75, 3.05) is 5.32 Å². The Morgan fingerprint density at radius 1 is 1.00 bits per heavy atom. The molecule has 3 nitrogen and oxygen atoms in total. The third-order valence-corrected chi connectivity index (χ3v) is 4.20. The zero-order chi connectivity index (χ0) is 19.4. The third kappa shape index (κ3) is 4.96. The number of amides is 1. The largest absolute Gasteiger partial charge is 0.487 e. The standard InChI is InChI=1S/C20H13Cl2F2NO2/c21-14-4-6-16(22)19(9-14)27-11-12-2-1-3-13(8-12)20(26)25-18-7-5-15(23)10-17(18)24/h1-10H,11H2,(H,25,26). The van der Waals surface area contributed by atoms with Gasteiger partial charge >= 0.3 is 0 Å². The lowest BCUT2D eigenvalue weighted by Crippen LogP contribution is -2.13. The molecule has 1 N–H and O–H groups in total. The molecule has 0 saturated heterocycles. The first-order valence-corrected chi connectivity index (χ1v) is 8.61. The summed E-state index contributed by atoms with van der Waals surface area (Å²) in [7, 11) is 0. The number of rotatable bonds is 5. The second-order valence-electron chi connectivity index (χ2n) is 5.64. The van der Waals surface area contributed by atoms with Gasteiger partial charge in [0.1, 0.15) is 24.0 Å². The van der Waals surface area contributed by atoms with Crippen LogP contribution in [0.15, 0.2) is 60.7 Å². The van der Waals surface area contributed by atoms with E-state index >= 15 is 0 Å². The van der Waals surface area contributed by atoms with E-state index in [1.54, 1.807) is 42.5 Å². The molecule has 0 aliphatic carbocycles. The second kappa shape index (κ2) is 8.37. The summed E-state index contributed by atoms with van der Waals surface area (Å²) in [5.41, 5.74) is 0.907. The number of nitrogens with one attached hydrogen (secondary N) is 1. The molecule has 0 aliphatic heterocycles. The van der Waals surface area contributed by atoms with Crippen LogP contribution in [0.5, 0.6) is 5.75 Å². The Balaban J connectivity index is 1.71. The topological polar surface area (TPSA) is 38.3 Å². The molecule has 3 aromatic carbocycles. The maximum absolute atomic E-state index is 13.7. The predicted molar refractivity (Wildman–Crippen MR) is 102 cm³/mol. The van der Waals surface area contributed by atoms with Gasteiger partial charge in [-0.2, -0.15) is 0 Å². The predicted octanol–water partition coefficient (Wildman–Crippen LogP) is 6.10. The van der Waals surface area contributed by atoms with Gasteiger partial charge in [0.05, 0.1) is 10.7 Å². The highest BCUT2D eigenvalue weighted by Crippen LogP contribution is 2.28. The molecule has 3 aromatic rings. The van der Waals surface area contributed by atoms with Crippen molar-refractivity contribution in [1.82, 2.24) is 0 Å². The molecular formula is C20H13Cl2F2NO2. The Morgan fingerprint density at radius 2 is 1.81 bits per heavy atom. The smallest absolute Gasteiger partial charge is 0.255 e. The van der Waals surface area contributed by atoms with Crippen LogP contribution in [0.2, 0.25) is 10.0 Å². The second-order valence-corrected chi connectivity index (χ2v) is 6.49. The van der Waals surface area contributed by atoms with Crippen LogP contribution in [0.3, 0.4) is 0 Å². The van der Waals surface area contributed by atoms with Crippen LogP contribution in [-0.2, 0) is 6.61 Å². The minimum Gasteiger partial charge on any atom is -0.487 e. The lowest BCUT2D eigenvalue weighted by atomic mass is 10.1. The highest BCUT2D eigenvalue weighted by Gasteiger charge is 2.11. The van der Waals surface area contributed by atoms with E-state index in [0.29, 0.717) is 33.0 Å². The molecule has 0 aliphatic rings. The fourth-order valence-electron chi connectivity index (χ4n) is 2.34. The van der Waals surface area contributed by atoms with Gasteiger partial charge in [0.25, 0.3) is 5.91 Å². The SMILES string of the molecule is O=C(Nc1ccc(F)cc1F)c1cccc(COc2cc(Cl)ccc2Cl)c1. The average molecular weight is 408 g/mol. The van der Waals surface area contributed by atoms with Crippen LogP contribution in [0.4, 0.5) is 14.5 Å². The highest BCUT2D eigenvalue weighted by atomic mass is 35.5.